The molecule has 4 heteroatoms. The van der Waals surface area contributed by atoms with Crippen LogP contribution in [0.15, 0.2) is 18.2 Å². The second-order valence-electron chi connectivity index (χ2n) is 3.33. The fourth-order valence-corrected chi connectivity index (χ4v) is 1.67. The lowest BCUT2D eigenvalue weighted by atomic mass is 10.0. The van der Waals surface area contributed by atoms with Gasteiger partial charge >= 0.3 is 0 Å². The van der Waals surface area contributed by atoms with Gasteiger partial charge in [-0.25, -0.2) is 0 Å². The maximum absolute atomic E-state index is 10.8. The van der Waals surface area contributed by atoms with Crippen LogP contribution in [0.1, 0.15) is 16.7 Å². The van der Waals surface area contributed by atoms with Crippen molar-refractivity contribution in [1.29, 1.82) is 0 Å². The summed E-state index contributed by atoms with van der Waals surface area (Å²) >= 11 is 3.25. The van der Waals surface area contributed by atoms with E-state index in [2.05, 4.69) is 15.9 Å². The molecule has 0 aliphatic heterocycles. The van der Waals surface area contributed by atoms with Crippen LogP contribution in [0.5, 0.6) is 0 Å². The zero-order valence-corrected chi connectivity index (χ0v) is 10.2. The molecule has 1 rings (SSSR count). The van der Waals surface area contributed by atoms with E-state index in [-0.39, 0.29) is 10.6 Å². The van der Waals surface area contributed by atoms with Crippen molar-refractivity contribution in [2.24, 2.45) is 0 Å². The SMILES string of the molecule is Cc1cc(C)c(C=CCBr)c([N+](=O)[O-])c1. The highest BCUT2D eigenvalue weighted by Gasteiger charge is 2.13. The molecule has 0 bridgehead atoms. The number of hydrogen-bond acceptors (Lipinski definition) is 2. The zero-order chi connectivity index (χ0) is 11.4. The third-order valence-corrected chi connectivity index (χ3v) is 2.45. The van der Waals surface area contributed by atoms with E-state index in [1.165, 1.54) is 0 Å². The van der Waals surface area contributed by atoms with E-state index in [4.69, 9.17) is 0 Å². The molecule has 3 nitrogen and oxygen atoms in total. The summed E-state index contributed by atoms with van der Waals surface area (Å²) in [5.41, 5.74) is 2.70. The van der Waals surface area contributed by atoms with Gasteiger partial charge in [0.2, 0.25) is 0 Å². The Labute approximate surface area is 97.1 Å². The van der Waals surface area contributed by atoms with E-state index in [1.54, 1.807) is 12.1 Å². The van der Waals surface area contributed by atoms with Crippen molar-refractivity contribution >= 4 is 27.7 Å². The molecule has 0 aliphatic rings. The van der Waals surface area contributed by atoms with Crippen LogP contribution in [0.2, 0.25) is 0 Å². The van der Waals surface area contributed by atoms with Crippen molar-refractivity contribution in [3.63, 3.8) is 0 Å². The number of alkyl halides is 1. The molecule has 80 valence electrons. The Morgan fingerprint density at radius 1 is 1.47 bits per heavy atom. The number of aryl methyl sites for hydroxylation is 2. The smallest absolute Gasteiger partial charge is 0.258 e. The van der Waals surface area contributed by atoms with Gasteiger partial charge in [0.05, 0.1) is 10.5 Å². The lowest BCUT2D eigenvalue weighted by molar-refractivity contribution is -0.385. The number of halogens is 1. The van der Waals surface area contributed by atoms with Crippen molar-refractivity contribution in [2.45, 2.75) is 13.8 Å². The Bertz CT molecular complexity index is 413. The van der Waals surface area contributed by atoms with Gasteiger partial charge in [0.1, 0.15) is 0 Å². The van der Waals surface area contributed by atoms with Gasteiger partial charge < -0.3 is 0 Å². The highest BCUT2D eigenvalue weighted by Crippen LogP contribution is 2.25. The molecule has 0 saturated heterocycles. The minimum Gasteiger partial charge on any atom is -0.258 e. The van der Waals surface area contributed by atoms with Crippen molar-refractivity contribution in [1.82, 2.24) is 0 Å². The van der Waals surface area contributed by atoms with E-state index in [0.29, 0.717) is 10.9 Å². The van der Waals surface area contributed by atoms with E-state index in [0.717, 1.165) is 11.1 Å². The normalized spacial score (nSPS) is 10.9. The van der Waals surface area contributed by atoms with Gasteiger partial charge in [0.15, 0.2) is 0 Å². The Kier molecular flexibility index (Phi) is 4.03. The monoisotopic (exact) mass is 269 g/mol. The van der Waals surface area contributed by atoms with Gasteiger partial charge in [-0.1, -0.05) is 34.1 Å². The standard InChI is InChI=1S/C11H12BrNO2/c1-8-6-9(2)10(4-3-5-12)11(7-8)13(14)15/h3-4,6-7H,5H2,1-2H3. The topological polar surface area (TPSA) is 43.1 Å². The summed E-state index contributed by atoms with van der Waals surface area (Å²) in [6.45, 7) is 3.74. The molecule has 1 aromatic rings. The van der Waals surface area contributed by atoms with Crippen LogP contribution in [-0.2, 0) is 0 Å². The fourth-order valence-electron chi connectivity index (χ4n) is 1.49. The summed E-state index contributed by atoms with van der Waals surface area (Å²) in [7, 11) is 0. The molecular weight excluding hydrogens is 258 g/mol. The van der Waals surface area contributed by atoms with Crippen molar-refractivity contribution < 1.29 is 4.92 Å². The molecule has 0 fully saturated rings. The number of rotatable bonds is 3. The Balaban J connectivity index is 3.33. The maximum atomic E-state index is 10.8. The second-order valence-corrected chi connectivity index (χ2v) is 3.98. The molecule has 0 N–H and O–H groups in total. The lowest BCUT2D eigenvalue weighted by Crippen LogP contribution is -1.95. The van der Waals surface area contributed by atoms with Crippen LogP contribution in [0.4, 0.5) is 5.69 Å². The number of nitro benzene ring substituents is 1. The van der Waals surface area contributed by atoms with Gasteiger partial charge in [-0.15, -0.1) is 0 Å². The first-order valence-corrected chi connectivity index (χ1v) is 5.66. The predicted octanol–water partition coefficient (Wildman–Crippen LogP) is 3.62. The van der Waals surface area contributed by atoms with Crippen LogP contribution in [0.3, 0.4) is 0 Å². The summed E-state index contributed by atoms with van der Waals surface area (Å²) in [4.78, 5) is 10.5. The number of nitrogens with zero attached hydrogens (tertiary/aromatic N) is 1. The molecule has 0 radical (unpaired) electrons. The Hall–Kier alpha value is -1.16. The number of nitro groups is 1. The van der Waals surface area contributed by atoms with Crippen LogP contribution in [-0.4, -0.2) is 10.3 Å². The van der Waals surface area contributed by atoms with Crippen molar-refractivity contribution in [2.75, 3.05) is 5.33 Å². The van der Waals surface area contributed by atoms with Gasteiger partial charge in [-0.05, 0) is 25.0 Å². The van der Waals surface area contributed by atoms with Crippen molar-refractivity contribution in [3.8, 4) is 0 Å². The van der Waals surface area contributed by atoms with E-state index in [9.17, 15) is 10.1 Å². The third-order valence-electron chi connectivity index (χ3n) is 2.08. The number of hydrogen-bond donors (Lipinski definition) is 0. The highest BCUT2D eigenvalue weighted by atomic mass is 79.9. The predicted molar refractivity (Wildman–Crippen MR) is 65.4 cm³/mol. The molecule has 0 amide bonds. The zero-order valence-electron chi connectivity index (χ0n) is 8.66. The molecule has 0 atom stereocenters. The molecule has 0 saturated carbocycles. The highest BCUT2D eigenvalue weighted by molar-refractivity contribution is 9.09. The van der Waals surface area contributed by atoms with Gasteiger partial charge in [-0.2, -0.15) is 0 Å². The molecule has 15 heavy (non-hydrogen) atoms. The maximum Gasteiger partial charge on any atom is 0.277 e. The molecule has 0 heterocycles. The first-order chi connectivity index (χ1) is 7.06. The molecule has 0 unspecified atom stereocenters. The average Bonchev–Trinajstić information content (AvgIpc) is 2.15. The molecule has 0 aliphatic carbocycles. The third kappa shape index (κ3) is 2.89. The van der Waals surface area contributed by atoms with Crippen LogP contribution in [0.25, 0.3) is 6.08 Å². The Morgan fingerprint density at radius 3 is 2.67 bits per heavy atom. The molecular formula is C11H12BrNO2. The number of benzene rings is 1. The number of allylic oxidation sites excluding steroid dienone is 1. The minimum atomic E-state index is -0.339. The quantitative estimate of drug-likeness (QED) is 0.478. The van der Waals surface area contributed by atoms with E-state index in [1.807, 2.05) is 26.0 Å². The average molecular weight is 270 g/mol. The van der Waals surface area contributed by atoms with Gasteiger partial charge in [0.25, 0.3) is 5.69 Å². The van der Waals surface area contributed by atoms with Crippen LogP contribution >= 0.6 is 15.9 Å². The Morgan fingerprint density at radius 2 is 2.13 bits per heavy atom. The fraction of sp³-hybridized carbons (Fsp3) is 0.273. The molecule has 0 aromatic heterocycles. The van der Waals surface area contributed by atoms with Crippen LogP contribution < -0.4 is 0 Å². The van der Waals surface area contributed by atoms with E-state index < -0.39 is 0 Å². The lowest BCUT2D eigenvalue weighted by Gasteiger charge is -2.03. The summed E-state index contributed by atoms with van der Waals surface area (Å²) in [6.07, 6.45) is 3.63. The summed E-state index contributed by atoms with van der Waals surface area (Å²) in [5, 5.41) is 11.5. The minimum absolute atomic E-state index is 0.171. The van der Waals surface area contributed by atoms with Crippen LogP contribution in [0, 0.1) is 24.0 Å². The van der Waals surface area contributed by atoms with Gasteiger partial charge in [0, 0.05) is 11.4 Å². The summed E-state index contributed by atoms with van der Waals surface area (Å²) in [6, 6.07) is 3.54. The first-order valence-electron chi connectivity index (χ1n) is 4.54. The molecule has 0 spiro atoms. The largest absolute Gasteiger partial charge is 0.277 e. The second kappa shape index (κ2) is 5.07. The molecule has 1 aromatic carbocycles. The first kappa shape index (κ1) is 11.9. The van der Waals surface area contributed by atoms with Gasteiger partial charge in [-0.3, -0.25) is 10.1 Å². The van der Waals surface area contributed by atoms with E-state index >= 15 is 0 Å². The summed E-state index contributed by atoms with van der Waals surface area (Å²) < 4.78 is 0. The summed E-state index contributed by atoms with van der Waals surface area (Å²) in [5.74, 6) is 0. The van der Waals surface area contributed by atoms with Crippen molar-refractivity contribution in [3.05, 3.63) is 45.0 Å².